The molecule has 3 aromatic rings. The average Bonchev–Trinajstić information content (AvgIpc) is 3.26. The Morgan fingerprint density at radius 1 is 1.07 bits per heavy atom. The van der Waals surface area contributed by atoms with Crippen LogP contribution in [-0.4, -0.2) is 41.3 Å². The molecule has 2 heterocycles. The molecule has 1 aliphatic rings. The molecule has 0 radical (unpaired) electrons. The molecule has 8 nitrogen and oxygen atoms in total. The van der Waals surface area contributed by atoms with Crippen LogP contribution < -0.4 is 10.9 Å². The van der Waals surface area contributed by atoms with Crippen molar-refractivity contribution in [2.45, 2.75) is 24.3 Å². The van der Waals surface area contributed by atoms with Crippen LogP contribution in [0.4, 0.5) is 5.69 Å². The molecule has 0 atom stereocenters. The number of hydrogen-bond acceptors (Lipinski definition) is 5. The molecular formula is C20H20N4O4S. The highest BCUT2D eigenvalue weighted by molar-refractivity contribution is 7.89. The summed E-state index contributed by atoms with van der Waals surface area (Å²) < 4.78 is 28.2. The summed E-state index contributed by atoms with van der Waals surface area (Å²) in [6.07, 6.45) is 2.88. The molecule has 1 N–H and O–H groups in total. The minimum absolute atomic E-state index is 0.142. The lowest BCUT2D eigenvalue weighted by Gasteiger charge is -2.16. The molecule has 4 rings (SSSR count). The first-order valence-corrected chi connectivity index (χ1v) is 10.7. The zero-order valence-corrected chi connectivity index (χ0v) is 16.4. The number of carbonyl (C=O) groups excluding carboxylic acids is 1. The van der Waals surface area contributed by atoms with Crippen LogP contribution in [0.3, 0.4) is 0 Å². The van der Waals surface area contributed by atoms with E-state index in [1.807, 2.05) is 0 Å². The summed E-state index contributed by atoms with van der Waals surface area (Å²) in [4.78, 5) is 28.9. The number of amides is 1. The third kappa shape index (κ3) is 3.92. The quantitative estimate of drug-likeness (QED) is 0.689. The average molecular weight is 412 g/mol. The van der Waals surface area contributed by atoms with Gasteiger partial charge in [-0.15, -0.1) is 0 Å². The number of sulfonamides is 1. The van der Waals surface area contributed by atoms with Gasteiger partial charge in [0.05, 0.1) is 22.1 Å². The van der Waals surface area contributed by atoms with Crippen LogP contribution in [0.2, 0.25) is 0 Å². The third-order valence-electron chi connectivity index (χ3n) is 4.87. The monoisotopic (exact) mass is 412 g/mol. The number of rotatable bonds is 5. The van der Waals surface area contributed by atoms with Gasteiger partial charge >= 0.3 is 0 Å². The number of hydrogen-bond donors (Lipinski definition) is 1. The Morgan fingerprint density at radius 3 is 2.62 bits per heavy atom. The summed E-state index contributed by atoms with van der Waals surface area (Å²) in [6, 6.07) is 13.2. The minimum Gasteiger partial charge on any atom is -0.324 e. The van der Waals surface area contributed by atoms with Crippen LogP contribution in [0, 0.1) is 0 Å². The van der Waals surface area contributed by atoms with Gasteiger partial charge in [-0.25, -0.2) is 13.4 Å². The van der Waals surface area contributed by atoms with Crippen LogP contribution in [0.15, 0.2) is 64.4 Å². The first kappa shape index (κ1) is 19.3. The van der Waals surface area contributed by atoms with Gasteiger partial charge in [-0.1, -0.05) is 18.2 Å². The Kier molecular flexibility index (Phi) is 5.16. The van der Waals surface area contributed by atoms with E-state index < -0.39 is 15.9 Å². The van der Waals surface area contributed by atoms with Crippen molar-refractivity contribution < 1.29 is 13.2 Å². The Hall–Kier alpha value is -3.04. The van der Waals surface area contributed by atoms with E-state index in [0.717, 1.165) is 12.8 Å². The maximum atomic E-state index is 12.7. The fourth-order valence-electron chi connectivity index (χ4n) is 3.43. The molecule has 1 aliphatic heterocycles. The van der Waals surface area contributed by atoms with Gasteiger partial charge in [0.1, 0.15) is 6.54 Å². The first-order valence-electron chi connectivity index (χ1n) is 9.30. The molecule has 9 heteroatoms. The summed E-state index contributed by atoms with van der Waals surface area (Å²) in [5.74, 6) is -0.431. The molecule has 0 unspecified atom stereocenters. The van der Waals surface area contributed by atoms with Crippen molar-refractivity contribution in [1.82, 2.24) is 13.9 Å². The van der Waals surface area contributed by atoms with E-state index in [4.69, 9.17) is 0 Å². The Bertz CT molecular complexity index is 1230. The lowest BCUT2D eigenvalue weighted by molar-refractivity contribution is -0.116. The van der Waals surface area contributed by atoms with E-state index in [0.29, 0.717) is 29.8 Å². The SMILES string of the molecule is O=C(Cn1c(=O)cnc2ccccc21)Nc1cccc(S(=O)(=O)N2CCCC2)c1. The third-order valence-corrected chi connectivity index (χ3v) is 6.77. The maximum Gasteiger partial charge on any atom is 0.269 e. The van der Waals surface area contributed by atoms with Crippen molar-refractivity contribution in [2.75, 3.05) is 18.4 Å². The number of anilines is 1. The van der Waals surface area contributed by atoms with Gasteiger partial charge in [0.2, 0.25) is 15.9 Å². The number of benzene rings is 2. The molecule has 0 bridgehead atoms. The molecule has 0 aliphatic carbocycles. The summed E-state index contributed by atoms with van der Waals surface area (Å²) in [5.41, 5.74) is 1.14. The van der Waals surface area contributed by atoms with E-state index in [-0.39, 0.29) is 17.0 Å². The van der Waals surface area contributed by atoms with Gasteiger partial charge in [-0.05, 0) is 43.2 Å². The van der Waals surface area contributed by atoms with E-state index in [9.17, 15) is 18.0 Å². The van der Waals surface area contributed by atoms with Gasteiger partial charge in [-0.3, -0.25) is 14.2 Å². The maximum absolute atomic E-state index is 12.7. The number of carbonyl (C=O) groups is 1. The number of fused-ring (bicyclic) bond motifs is 1. The summed E-state index contributed by atoms with van der Waals surface area (Å²) >= 11 is 0. The Morgan fingerprint density at radius 2 is 1.83 bits per heavy atom. The first-order chi connectivity index (χ1) is 13.9. The molecular weight excluding hydrogens is 392 g/mol. The predicted octanol–water partition coefficient (Wildman–Crippen LogP) is 1.82. The van der Waals surface area contributed by atoms with Crippen molar-refractivity contribution in [2.24, 2.45) is 0 Å². The highest BCUT2D eigenvalue weighted by Gasteiger charge is 2.27. The van der Waals surface area contributed by atoms with E-state index >= 15 is 0 Å². The smallest absolute Gasteiger partial charge is 0.269 e. The summed E-state index contributed by atoms with van der Waals surface area (Å²) in [7, 11) is -3.57. The largest absolute Gasteiger partial charge is 0.324 e. The summed E-state index contributed by atoms with van der Waals surface area (Å²) in [6.45, 7) is 0.818. The standard InChI is InChI=1S/C20H20N4O4S/c25-19(14-24-18-9-2-1-8-17(18)21-13-20(24)26)22-15-6-5-7-16(12-15)29(27,28)23-10-3-4-11-23/h1-2,5-9,12-13H,3-4,10-11,14H2,(H,22,25). The van der Waals surface area contributed by atoms with Gasteiger partial charge in [0, 0.05) is 18.8 Å². The van der Waals surface area contributed by atoms with Crippen molar-refractivity contribution in [3.05, 3.63) is 65.1 Å². The molecule has 1 aromatic heterocycles. The van der Waals surface area contributed by atoms with Crippen LogP contribution in [0.1, 0.15) is 12.8 Å². The second kappa shape index (κ2) is 7.76. The number of para-hydroxylation sites is 2. The minimum atomic E-state index is -3.57. The molecule has 0 saturated carbocycles. The van der Waals surface area contributed by atoms with E-state index in [1.54, 1.807) is 36.4 Å². The predicted molar refractivity (Wildman–Crippen MR) is 109 cm³/mol. The Balaban J connectivity index is 1.56. The topological polar surface area (TPSA) is 101 Å². The highest BCUT2D eigenvalue weighted by Crippen LogP contribution is 2.23. The van der Waals surface area contributed by atoms with E-state index in [1.165, 1.54) is 27.2 Å². The molecule has 150 valence electrons. The zero-order chi connectivity index (χ0) is 20.4. The number of nitrogens with zero attached hydrogens (tertiary/aromatic N) is 3. The molecule has 1 saturated heterocycles. The van der Waals surface area contributed by atoms with Crippen LogP contribution in [0.25, 0.3) is 11.0 Å². The number of aromatic nitrogens is 2. The molecule has 1 fully saturated rings. The van der Waals surface area contributed by atoms with Crippen molar-refractivity contribution in [1.29, 1.82) is 0 Å². The zero-order valence-electron chi connectivity index (χ0n) is 15.6. The highest BCUT2D eigenvalue weighted by atomic mass is 32.2. The second-order valence-corrected chi connectivity index (χ2v) is 8.80. The van der Waals surface area contributed by atoms with Crippen molar-refractivity contribution in [3.8, 4) is 0 Å². The Labute approximate surface area is 167 Å². The van der Waals surface area contributed by atoms with Gasteiger partial charge in [0.15, 0.2) is 0 Å². The fourth-order valence-corrected chi connectivity index (χ4v) is 5.00. The van der Waals surface area contributed by atoms with Gasteiger partial charge in [0.25, 0.3) is 5.56 Å². The molecule has 1 amide bonds. The number of nitrogens with one attached hydrogen (secondary N) is 1. The van der Waals surface area contributed by atoms with Gasteiger partial charge in [-0.2, -0.15) is 4.31 Å². The van der Waals surface area contributed by atoms with E-state index in [2.05, 4.69) is 10.3 Å². The summed E-state index contributed by atoms with van der Waals surface area (Å²) in [5, 5.41) is 2.68. The van der Waals surface area contributed by atoms with Crippen LogP contribution >= 0.6 is 0 Å². The molecule has 0 spiro atoms. The van der Waals surface area contributed by atoms with Crippen LogP contribution in [-0.2, 0) is 21.4 Å². The van der Waals surface area contributed by atoms with Gasteiger partial charge < -0.3 is 5.32 Å². The second-order valence-electron chi connectivity index (χ2n) is 6.86. The lowest BCUT2D eigenvalue weighted by Crippen LogP contribution is -2.29. The fraction of sp³-hybridized carbons (Fsp3) is 0.250. The van der Waals surface area contributed by atoms with Crippen LogP contribution in [0.5, 0.6) is 0 Å². The van der Waals surface area contributed by atoms with Crippen molar-refractivity contribution >= 4 is 32.7 Å². The lowest BCUT2D eigenvalue weighted by atomic mass is 10.3. The normalized spacial score (nSPS) is 14.9. The molecule has 29 heavy (non-hydrogen) atoms. The van der Waals surface area contributed by atoms with Crippen molar-refractivity contribution in [3.63, 3.8) is 0 Å². The molecule has 2 aromatic carbocycles.